The van der Waals surface area contributed by atoms with Crippen LogP contribution >= 0.6 is 0 Å². The molecule has 0 saturated carbocycles. The van der Waals surface area contributed by atoms with Gasteiger partial charge in [-0.05, 0) is 37.0 Å². The fourth-order valence-corrected chi connectivity index (χ4v) is 2.34. The molecule has 0 N–H and O–H groups in total. The summed E-state index contributed by atoms with van der Waals surface area (Å²) < 4.78 is 0. The Labute approximate surface area is 98.2 Å². The lowest BCUT2D eigenvalue weighted by atomic mass is 9.72. The minimum atomic E-state index is 0. The Bertz CT molecular complexity index is 190. The van der Waals surface area contributed by atoms with Crippen LogP contribution in [0.5, 0.6) is 0 Å². The van der Waals surface area contributed by atoms with Gasteiger partial charge in [0.05, 0.1) is 0 Å². The van der Waals surface area contributed by atoms with Crippen LogP contribution in [0.3, 0.4) is 0 Å². The Morgan fingerprint density at radius 2 is 1.87 bits per heavy atom. The van der Waals surface area contributed by atoms with Gasteiger partial charge in [-0.25, -0.2) is 0 Å². The maximum absolute atomic E-state index is 2.53. The van der Waals surface area contributed by atoms with E-state index in [0.717, 1.165) is 23.7 Å². The predicted molar refractivity (Wildman–Crippen MR) is 73.1 cm³/mol. The molecule has 0 saturated heterocycles. The topological polar surface area (TPSA) is 0 Å². The molecular formula is C15H32. The van der Waals surface area contributed by atoms with Crippen molar-refractivity contribution in [3.8, 4) is 0 Å². The van der Waals surface area contributed by atoms with E-state index >= 15 is 0 Å². The van der Waals surface area contributed by atoms with Crippen LogP contribution in [0.25, 0.3) is 0 Å². The van der Waals surface area contributed by atoms with Gasteiger partial charge in [0.2, 0.25) is 0 Å². The summed E-state index contributed by atoms with van der Waals surface area (Å²) in [4.78, 5) is 0. The van der Waals surface area contributed by atoms with Crippen molar-refractivity contribution in [1.82, 2.24) is 0 Å². The van der Waals surface area contributed by atoms with Crippen LogP contribution < -0.4 is 0 Å². The van der Waals surface area contributed by atoms with Crippen LogP contribution in [-0.4, -0.2) is 0 Å². The van der Waals surface area contributed by atoms with Gasteiger partial charge in [-0.15, -0.1) is 0 Å². The van der Waals surface area contributed by atoms with Crippen LogP contribution in [0.4, 0.5) is 0 Å². The largest absolute Gasteiger partial charge is 0.0819 e. The molecule has 1 aliphatic rings. The molecule has 1 aliphatic carbocycles. The van der Waals surface area contributed by atoms with E-state index in [0.29, 0.717) is 0 Å². The first kappa shape index (κ1) is 17.1. The van der Waals surface area contributed by atoms with Crippen LogP contribution in [-0.2, 0) is 0 Å². The third-order valence-corrected chi connectivity index (χ3v) is 4.07. The first-order valence-electron chi connectivity index (χ1n) is 5.74. The summed E-state index contributed by atoms with van der Waals surface area (Å²) in [5.74, 6) is 3.39. The van der Waals surface area contributed by atoms with Crippen LogP contribution in [0.1, 0.15) is 62.3 Å². The number of hydrogen-bond acceptors (Lipinski definition) is 0. The summed E-state index contributed by atoms with van der Waals surface area (Å²) in [7, 11) is 0. The maximum atomic E-state index is 2.53. The molecule has 0 bridgehead atoms. The number of allylic oxidation sites excluding steroid dienone is 2. The van der Waals surface area contributed by atoms with E-state index in [2.05, 4.69) is 40.7 Å². The van der Waals surface area contributed by atoms with Gasteiger partial charge in [0.25, 0.3) is 0 Å². The molecule has 0 heterocycles. The number of rotatable bonds is 2. The van der Waals surface area contributed by atoms with Crippen LogP contribution in [0.2, 0.25) is 0 Å². The van der Waals surface area contributed by atoms with Crippen LogP contribution in [0.15, 0.2) is 11.6 Å². The van der Waals surface area contributed by atoms with Crippen molar-refractivity contribution >= 4 is 0 Å². The van der Waals surface area contributed by atoms with Gasteiger partial charge >= 0.3 is 0 Å². The second-order valence-corrected chi connectivity index (χ2v) is 4.96. The SMILES string of the molecule is C.C.CCC(C)C1C=C(C)C(C)C(C)C1. The minimum Gasteiger partial charge on any atom is -0.0819 e. The van der Waals surface area contributed by atoms with Crippen molar-refractivity contribution in [1.29, 1.82) is 0 Å². The van der Waals surface area contributed by atoms with Gasteiger partial charge in [0.15, 0.2) is 0 Å². The zero-order valence-corrected chi connectivity index (χ0v) is 9.80. The Balaban J connectivity index is 0. The average molecular weight is 212 g/mol. The third kappa shape index (κ3) is 4.01. The van der Waals surface area contributed by atoms with Crippen molar-refractivity contribution in [3.05, 3.63) is 11.6 Å². The summed E-state index contributed by atoms with van der Waals surface area (Å²) in [6, 6.07) is 0. The molecule has 0 fully saturated rings. The van der Waals surface area contributed by atoms with E-state index < -0.39 is 0 Å². The average Bonchev–Trinajstić information content (AvgIpc) is 2.12. The molecule has 0 heteroatoms. The molecule has 0 aromatic heterocycles. The van der Waals surface area contributed by atoms with Crippen molar-refractivity contribution in [3.63, 3.8) is 0 Å². The molecule has 0 aromatic carbocycles. The third-order valence-electron chi connectivity index (χ3n) is 4.07. The molecule has 4 unspecified atom stereocenters. The lowest BCUT2D eigenvalue weighted by Gasteiger charge is -2.33. The van der Waals surface area contributed by atoms with Crippen molar-refractivity contribution < 1.29 is 0 Å². The molecule has 1 rings (SSSR count). The highest BCUT2D eigenvalue weighted by Gasteiger charge is 2.26. The molecular weight excluding hydrogens is 180 g/mol. The second-order valence-electron chi connectivity index (χ2n) is 4.96. The van der Waals surface area contributed by atoms with E-state index in [9.17, 15) is 0 Å². The first-order valence-corrected chi connectivity index (χ1v) is 5.74. The summed E-state index contributed by atoms with van der Waals surface area (Å²) in [6.07, 6.45) is 5.24. The molecule has 15 heavy (non-hydrogen) atoms. The molecule has 0 aromatic rings. The molecule has 0 radical (unpaired) electrons. The smallest absolute Gasteiger partial charge is 0.0202 e. The first-order chi connectivity index (χ1) is 6.06. The van der Waals surface area contributed by atoms with E-state index in [1.165, 1.54) is 12.8 Å². The van der Waals surface area contributed by atoms with E-state index in [4.69, 9.17) is 0 Å². The zero-order chi connectivity index (χ0) is 10.0. The van der Waals surface area contributed by atoms with Gasteiger partial charge in [0, 0.05) is 0 Å². The highest BCUT2D eigenvalue weighted by atomic mass is 14.3. The quantitative estimate of drug-likeness (QED) is 0.527. The van der Waals surface area contributed by atoms with Crippen LogP contribution in [0, 0.1) is 23.7 Å². The summed E-state index contributed by atoms with van der Waals surface area (Å²) in [6.45, 7) is 11.8. The molecule has 0 nitrogen and oxygen atoms in total. The number of hydrogen-bond donors (Lipinski definition) is 0. The monoisotopic (exact) mass is 212 g/mol. The standard InChI is InChI=1S/C13H24.2CH4/c1-6-9(2)13-7-10(3)12(5)11(4)8-13;;/h7,9,11-13H,6,8H2,1-5H3;2*1H4. The van der Waals surface area contributed by atoms with Gasteiger partial charge < -0.3 is 0 Å². The Kier molecular flexibility index (Phi) is 8.10. The molecule has 0 amide bonds. The molecule has 0 aliphatic heterocycles. The highest BCUT2D eigenvalue weighted by Crippen LogP contribution is 2.36. The van der Waals surface area contributed by atoms with Gasteiger partial charge in [-0.2, -0.15) is 0 Å². The fraction of sp³-hybridized carbons (Fsp3) is 0.867. The highest BCUT2D eigenvalue weighted by molar-refractivity contribution is 5.10. The summed E-state index contributed by atoms with van der Waals surface area (Å²) in [5.41, 5.74) is 1.61. The molecule has 0 spiro atoms. The molecule has 92 valence electrons. The van der Waals surface area contributed by atoms with Gasteiger partial charge in [-0.3, -0.25) is 0 Å². The van der Waals surface area contributed by atoms with Crippen molar-refractivity contribution in [2.45, 2.75) is 62.3 Å². The van der Waals surface area contributed by atoms with Crippen molar-refractivity contribution in [2.24, 2.45) is 23.7 Å². The van der Waals surface area contributed by atoms with Crippen molar-refractivity contribution in [2.75, 3.05) is 0 Å². The minimum absolute atomic E-state index is 0. The van der Waals surface area contributed by atoms with Gasteiger partial charge in [0.1, 0.15) is 0 Å². The summed E-state index contributed by atoms with van der Waals surface area (Å²) in [5, 5.41) is 0. The van der Waals surface area contributed by atoms with Gasteiger partial charge in [-0.1, -0.05) is 60.6 Å². The fourth-order valence-electron chi connectivity index (χ4n) is 2.34. The zero-order valence-electron chi connectivity index (χ0n) is 9.80. The second kappa shape index (κ2) is 7.09. The maximum Gasteiger partial charge on any atom is -0.0202 e. The Morgan fingerprint density at radius 1 is 1.33 bits per heavy atom. The van der Waals surface area contributed by atoms with E-state index in [1.807, 2.05) is 0 Å². The Hall–Kier alpha value is -0.260. The predicted octanol–water partition coefficient (Wildman–Crippen LogP) is 5.54. The van der Waals surface area contributed by atoms with E-state index in [1.54, 1.807) is 5.57 Å². The normalized spacial score (nSPS) is 32.1. The lowest BCUT2D eigenvalue weighted by Crippen LogP contribution is -2.23. The Morgan fingerprint density at radius 3 is 2.27 bits per heavy atom. The lowest BCUT2D eigenvalue weighted by molar-refractivity contribution is 0.275. The molecule has 4 atom stereocenters. The summed E-state index contributed by atoms with van der Waals surface area (Å²) >= 11 is 0. The van der Waals surface area contributed by atoms with E-state index in [-0.39, 0.29) is 14.9 Å².